The second-order valence-corrected chi connectivity index (χ2v) is 7.93. The fourth-order valence-corrected chi connectivity index (χ4v) is 4.38. The van der Waals surface area contributed by atoms with Gasteiger partial charge in [0.15, 0.2) is 5.16 Å². The number of hydrogen-bond donors (Lipinski definition) is 0. The summed E-state index contributed by atoms with van der Waals surface area (Å²) in [6.07, 6.45) is 0.836. The van der Waals surface area contributed by atoms with E-state index in [2.05, 4.69) is 4.98 Å². The number of aryl methyl sites for hydroxylation is 1. The lowest BCUT2D eigenvalue weighted by molar-refractivity contribution is -0.115. The molecule has 26 heavy (non-hydrogen) atoms. The second kappa shape index (κ2) is 8.05. The van der Waals surface area contributed by atoms with Crippen LogP contribution in [0.2, 0.25) is 0 Å². The van der Waals surface area contributed by atoms with Gasteiger partial charge in [-0.25, -0.2) is 4.98 Å². The van der Waals surface area contributed by atoms with Gasteiger partial charge < -0.3 is 4.90 Å². The quantitative estimate of drug-likeness (QED) is 0.475. The Bertz CT molecular complexity index is 994. The Morgan fingerprint density at radius 2 is 2.15 bits per heavy atom. The van der Waals surface area contributed by atoms with E-state index >= 15 is 0 Å². The molecule has 0 bridgehead atoms. The lowest BCUT2D eigenvalue weighted by atomic mass is 10.2. The maximum atomic E-state index is 12.7. The number of fused-ring (bicyclic) bond motifs is 1. The van der Waals surface area contributed by atoms with Crippen LogP contribution in [0.3, 0.4) is 0 Å². The average molecular weight is 388 g/mol. The van der Waals surface area contributed by atoms with Crippen molar-refractivity contribution in [2.24, 2.45) is 0 Å². The van der Waals surface area contributed by atoms with E-state index < -0.39 is 0 Å². The first kappa shape index (κ1) is 18.7. The van der Waals surface area contributed by atoms with E-state index in [4.69, 9.17) is 0 Å². The third kappa shape index (κ3) is 3.83. The highest BCUT2D eigenvalue weighted by molar-refractivity contribution is 7.99. The Balaban J connectivity index is 1.81. The molecule has 5 nitrogen and oxygen atoms in total. The summed E-state index contributed by atoms with van der Waals surface area (Å²) in [5.74, 6) is 0.208. The molecule has 0 aliphatic carbocycles. The number of anilines is 1. The Kier molecular flexibility index (Phi) is 5.78. The number of rotatable bonds is 6. The average Bonchev–Trinajstić information content (AvgIpc) is 3.10. The highest BCUT2D eigenvalue weighted by Crippen LogP contribution is 2.22. The van der Waals surface area contributed by atoms with E-state index in [1.165, 1.54) is 23.1 Å². The summed E-state index contributed by atoms with van der Waals surface area (Å²) in [5.41, 5.74) is 2.65. The summed E-state index contributed by atoms with van der Waals surface area (Å²) in [6.45, 7) is 4.63. The summed E-state index contributed by atoms with van der Waals surface area (Å²) in [6, 6.07) is 9.68. The van der Waals surface area contributed by atoms with Gasteiger partial charge in [0, 0.05) is 19.3 Å². The normalized spacial score (nSPS) is 11.0. The predicted molar refractivity (Wildman–Crippen MR) is 109 cm³/mol. The van der Waals surface area contributed by atoms with Crippen LogP contribution in [0.1, 0.15) is 18.9 Å². The minimum atomic E-state index is -0.0247. The smallest absolute Gasteiger partial charge is 0.272 e. The monoisotopic (exact) mass is 387 g/mol. The van der Waals surface area contributed by atoms with Crippen LogP contribution in [0.15, 0.2) is 45.7 Å². The number of benzene rings is 1. The van der Waals surface area contributed by atoms with E-state index in [9.17, 15) is 9.59 Å². The molecule has 3 rings (SSSR count). The van der Waals surface area contributed by atoms with Crippen molar-refractivity contribution in [3.8, 4) is 0 Å². The van der Waals surface area contributed by atoms with E-state index in [0.717, 1.165) is 17.7 Å². The summed E-state index contributed by atoms with van der Waals surface area (Å²) in [4.78, 5) is 31.5. The van der Waals surface area contributed by atoms with E-state index in [1.807, 2.05) is 49.6 Å². The number of aromatic nitrogens is 2. The zero-order valence-corrected chi connectivity index (χ0v) is 16.7. The van der Waals surface area contributed by atoms with Crippen LogP contribution in [0.5, 0.6) is 0 Å². The number of carbonyl (C=O) groups is 1. The van der Waals surface area contributed by atoms with Crippen LogP contribution >= 0.6 is 23.1 Å². The molecule has 0 radical (unpaired) electrons. The largest absolute Gasteiger partial charge is 0.315 e. The number of carbonyl (C=O) groups excluding carboxylic acids is 1. The SMILES string of the molecule is CCCn1c(SCC(=O)N(C)c2cccc(C)c2)nc2ccsc2c1=O. The molecule has 0 spiro atoms. The third-order valence-corrected chi connectivity index (χ3v) is 5.92. The van der Waals surface area contributed by atoms with Crippen molar-refractivity contribution >= 4 is 44.9 Å². The van der Waals surface area contributed by atoms with Crippen molar-refractivity contribution in [1.29, 1.82) is 0 Å². The summed E-state index contributed by atoms with van der Waals surface area (Å²) in [5, 5.41) is 2.48. The first-order valence-electron chi connectivity index (χ1n) is 8.45. The molecule has 1 amide bonds. The number of thiophene rings is 1. The summed E-state index contributed by atoms with van der Waals surface area (Å²) < 4.78 is 2.36. The maximum Gasteiger partial charge on any atom is 0.272 e. The van der Waals surface area contributed by atoms with Crippen LogP contribution < -0.4 is 10.5 Å². The highest BCUT2D eigenvalue weighted by atomic mass is 32.2. The van der Waals surface area contributed by atoms with Gasteiger partial charge in [-0.3, -0.25) is 14.2 Å². The van der Waals surface area contributed by atoms with Crippen LogP contribution in [0.25, 0.3) is 10.2 Å². The lowest BCUT2D eigenvalue weighted by Gasteiger charge is -2.18. The number of thioether (sulfide) groups is 1. The fraction of sp³-hybridized carbons (Fsp3) is 0.316. The zero-order chi connectivity index (χ0) is 18.7. The Hall–Kier alpha value is -2.12. The van der Waals surface area contributed by atoms with Gasteiger partial charge in [0.1, 0.15) is 4.70 Å². The molecule has 136 valence electrons. The molecule has 2 heterocycles. The van der Waals surface area contributed by atoms with E-state index in [1.54, 1.807) is 16.5 Å². The van der Waals surface area contributed by atoms with Gasteiger partial charge in [-0.05, 0) is 42.5 Å². The van der Waals surface area contributed by atoms with Gasteiger partial charge in [0.25, 0.3) is 5.56 Å². The topological polar surface area (TPSA) is 55.2 Å². The van der Waals surface area contributed by atoms with Crippen LogP contribution in [-0.2, 0) is 11.3 Å². The molecule has 2 aromatic heterocycles. The molecule has 0 aliphatic heterocycles. The molecule has 0 unspecified atom stereocenters. The molecular formula is C19H21N3O2S2. The first-order valence-corrected chi connectivity index (χ1v) is 10.3. The number of nitrogens with zero attached hydrogens (tertiary/aromatic N) is 3. The van der Waals surface area contributed by atoms with Crippen molar-refractivity contribution in [2.75, 3.05) is 17.7 Å². The van der Waals surface area contributed by atoms with Crippen molar-refractivity contribution in [3.05, 3.63) is 51.6 Å². The summed E-state index contributed by atoms with van der Waals surface area (Å²) >= 11 is 2.73. The molecule has 0 saturated carbocycles. The molecule has 0 fully saturated rings. The van der Waals surface area contributed by atoms with Crippen LogP contribution in [0, 0.1) is 6.92 Å². The van der Waals surface area contributed by atoms with Crippen molar-refractivity contribution in [1.82, 2.24) is 9.55 Å². The van der Waals surface area contributed by atoms with Crippen molar-refractivity contribution in [2.45, 2.75) is 32.0 Å². The standard InChI is InChI=1S/C19H21N3O2S2/c1-4-9-22-18(24)17-15(8-10-25-17)20-19(22)26-12-16(23)21(3)14-7-5-6-13(2)11-14/h5-8,10-11H,4,9,12H2,1-3H3. The Morgan fingerprint density at radius 1 is 1.35 bits per heavy atom. The molecule has 1 aromatic carbocycles. The highest BCUT2D eigenvalue weighted by Gasteiger charge is 2.16. The van der Waals surface area contributed by atoms with E-state index in [-0.39, 0.29) is 17.2 Å². The van der Waals surface area contributed by atoms with Gasteiger partial charge in [0.2, 0.25) is 5.91 Å². The van der Waals surface area contributed by atoms with Crippen LogP contribution in [-0.4, -0.2) is 28.3 Å². The molecular weight excluding hydrogens is 366 g/mol. The van der Waals surface area contributed by atoms with Gasteiger partial charge in [0.05, 0.1) is 11.3 Å². The lowest BCUT2D eigenvalue weighted by Crippen LogP contribution is -2.29. The van der Waals surface area contributed by atoms with Crippen molar-refractivity contribution in [3.63, 3.8) is 0 Å². The van der Waals surface area contributed by atoms with Gasteiger partial charge >= 0.3 is 0 Å². The van der Waals surface area contributed by atoms with Gasteiger partial charge in [-0.2, -0.15) is 0 Å². The molecule has 7 heteroatoms. The second-order valence-electron chi connectivity index (χ2n) is 6.07. The zero-order valence-electron chi connectivity index (χ0n) is 15.1. The third-order valence-electron chi connectivity index (χ3n) is 4.07. The maximum absolute atomic E-state index is 12.7. The number of hydrogen-bond acceptors (Lipinski definition) is 5. The summed E-state index contributed by atoms with van der Waals surface area (Å²) in [7, 11) is 1.77. The van der Waals surface area contributed by atoms with E-state index in [0.29, 0.717) is 21.9 Å². The minimum absolute atomic E-state index is 0.0196. The van der Waals surface area contributed by atoms with Crippen LogP contribution in [0.4, 0.5) is 5.69 Å². The first-order chi connectivity index (χ1) is 12.5. The molecule has 0 atom stereocenters. The Labute approximate surface area is 160 Å². The minimum Gasteiger partial charge on any atom is -0.315 e. The van der Waals surface area contributed by atoms with Crippen molar-refractivity contribution < 1.29 is 4.79 Å². The Morgan fingerprint density at radius 3 is 2.88 bits per heavy atom. The van der Waals surface area contributed by atoms with Gasteiger partial charge in [-0.1, -0.05) is 30.8 Å². The molecule has 0 saturated heterocycles. The van der Waals surface area contributed by atoms with Gasteiger partial charge in [-0.15, -0.1) is 11.3 Å². The predicted octanol–water partition coefficient (Wildman–Crippen LogP) is 3.93. The fourth-order valence-electron chi connectivity index (χ4n) is 2.66. The molecule has 0 N–H and O–H groups in total. The number of amides is 1. The molecule has 0 aliphatic rings. The molecule has 3 aromatic rings.